The minimum atomic E-state index is -0.320. The van der Waals surface area contributed by atoms with Gasteiger partial charge in [-0.15, -0.1) is 0 Å². The van der Waals surface area contributed by atoms with Crippen molar-refractivity contribution in [2.75, 3.05) is 31.0 Å². The van der Waals surface area contributed by atoms with Gasteiger partial charge >= 0.3 is 0 Å². The van der Waals surface area contributed by atoms with Gasteiger partial charge < -0.3 is 19.3 Å². The summed E-state index contributed by atoms with van der Waals surface area (Å²) in [6, 6.07) is 17.6. The fourth-order valence-electron chi connectivity index (χ4n) is 4.57. The van der Waals surface area contributed by atoms with Crippen molar-refractivity contribution in [3.63, 3.8) is 0 Å². The van der Waals surface area contributed by atoms with E-state index in [-0.39, 0.29) is 24.5 Å². The van der Waals surface area contributed by atoms with Crippen molar-refractivity contribution >= 4 is 28.9 Å². The van der Waals surface area contributed by atoms with Crippen LogP contribution in [0, 0.1) is 6.92 Å². The zero-order valence-electron chi connectivity index (χ0n) is 21.3. The van der Waals surface area contributed by atoms with E-state index in [1.165, 1.54) is 0 Å². The Labute approximate surface area is 213 Å². The maximum Gasteiger partial charge on any atom is 0.232 e. The maximum absolute atomic E-state index is 13.7. The molecule has 0 fully saturated rings. The number of benzene rings is 3. The van der Waals surface area contributed by atoms with E-state index in [1.54, 1.807) is 7.11 Å². The molecule has 5 nitrogen and oxygen atoms in total. The number of aryl methyl sites for hydroxylation is 1. The summed E-state index contributed by atoms with van der Waals surface area (Å²) in [6.45, 7) is 6.17. The van der Waals surface area contributed by atoms with Crippen LogP contribution in [0.1, 0.15) is 48.6 Å². The fraction of sp³-hybridized carbons (Fsp3) is 0.345. The molecular formula is C29H33ClN2O3. The average molecular weight is 493 g/mol. The second kappa shape index (κ2) is 10.2. The largest absolute Gasteiger partial charge is 0.493 e. The molecule has 0 saturated heterocycles. The molecule has 0 saturated carbocycles. The maximum atomic E-state index is 13.7. The first-order valence-corrected chi connectivity index (χ1v) is 12.3. The van der Waals surface area contributed by atoms with Gasteiger partial charge in [-0.3, -0.25) is 4.79 Å². The first-order valence-electron chi connectivity index (χ1n) is 12.0. The molecule has 2 atom stereocenters. The van der Waals surface area contributed by atoms with Gasteiger partial charge in [-0.25, -0.2) is 0 Å². The van der Waals surface area contributed by atoms with E-state index >= 15 is 0 Å². The predicted octanol–water partition coefficient (Wildman–Crippen LogP) is 6.58. The molecule has 4 rings (SSSR count). The molecule has 1 aliphatic heterocycles. The van der Waals surface area contributed by atoms with Crippen LogP contribution in [0.5, 0.6) is 11.5 Å². The molecule has 2 unspecified atom stereocenters. The summed E-state index contributed by atoms with van der Waals surface area (Å²) in [5.74, 6) is 1.37. The Morgan fingerprint density at radius 3 is 2.37 bits per heavy atom. The molecule has 0 N–H and O–H groups in total. The Kier molecular flexibility index (Phi) is 7.27. The number of anilines is 2. The van der Waals surface area contributed by atoms with Crippen molar-refractivity contribution < 1.29 is 14.3 Å². The Balaban J connectivity index is 1.92. The molecule has 3 aromatic carbocycles. The molecular weight excluding hydrogens is 460 g/mol. The summed E-state index contributed by atoms with van der Waals surface area (Å²) < 4.78 is 11.9. The lowest BCUT2D eigenvalue weighted by Crippen LogP contribution is -2.41. The first-order chi connectivity index (χ1) is 16.7. The van der Waals surface area contributed by atoms with E-state index in [9.17, 15) is 4.79 Å². The van der Waals surface area contributed by atoms with Gasteiger partial charge in [-0.2, -0.15) is 0 Å². The molecule has 0 aliphatic carbocycles. The summed E-state index contributed by atoms with van der Waals surface area (Å²) in [5.41, 5.74) is 5.96. The van der Waals surface area contributed by atoms with Crippen LogP contribution in [0.4, 0.5) is 11.4 Å². The van der Waals surface area contributed by atoms with Gasteiger partial charge in [-0.1, -0.05) is 24.6 Å². The van der Waals surface area contributed by atoms with Crippen LogP contribution in [-0.2, 0) is 11.2 Å². The predicted molar refractivity (Wildman–Crippen MR) is 143 cm³/mol. The topological polar surface area (TPSA) is 42.0 Å². The number of ether oxygens (including phenoxy) is 2. The highest BCUT2D eigenvalue weighted by Crippen LogP contribution is 2.44. The Hall–Kier alpha value is -3.18. The third kappa shape index (κ3) is 4.96. The van der Waals surface area contributed by atoms with Crippen LogP contribution in [-0.4, -0.2) is 33.2 Å². The number of rotatable bonds is 7. The molecule has 0 aromatic heterocycles. The average Bonchev–Trinajstić information content (AvgIpc) is 2.83. The molecule has 0 spiro atoms. The van der Waals surface area contributed by atoms with Crippen LogP contribution >= 0.6 is 11.6 Å². The lowest BCUT2D eigenvalue weighted by Gasteiger charge is -2.39. The smallest absolute Gasteiger partial charge is 0.232 e. The van der Waals surface area contributed by atoms with Crippen molar-refractivity contribution in [2.24, 2.45) is 0 Å². The first kappa shape index (κ1) is 24.9. The van der Waals surface area contributed by atoms with E-state index in [0.717, 1.165) is 40.0 Å². The molecule has 1 amide bonds. The van der Waals surface area contributed by atoms with Crippen LogP contribution in [0.25, 0.3) is 0 Å². The molecule has 1 heterocycles. The van der Waals surface area contributed by atoms with Crippen molar-refractivity contribution in [3.8, 4) is 11.5 Å². The second-order valence-corrected chi connectivity index (χ2v) is 9.73. The van der Waals surface area contributed by atoms with E-state index in [0.29, 0.717) is 16.5 Å². The SMILES string of the molecule is CCC(C)Oc1cc2c(cc1OC)CC(=O)N(c1ccc(N(C)C)cc1)C2c1ccc(Cl)cc1C. The Bertz CT molecular complexity index is 1220. The Morgan fingerprint density at radius 2 is 1.77 bits per heavy atom. The van der Waals surface area contributed by atoms with Crippen molar-refractivity contribution in [2.45, 2.75) is 45.8 Å². The van der Waals surface area contributed by atoms with Crippen LogP contribution in [0.15, 0.2) is 54.6 Å². The number of methoxy groups -OCH3 is 1. The molecule has 0 bridgehead atoms. The Morgan fingerprint density at radius 1 is 1.06 bits per heavy atom. The molecule has 35 heavy (non-hydrogen) atoms. The summed E-state index contributed by atoms with van der Waals surface area (Å²) in [7, 11) is 5.64. The number of hydrogen-bond acceptors (Lipinski definition) is 4. The highest BCUT2D eigenvalue weighted by molar-refractivity contribution is 6.30. The zero-order chi connectivity index (χ0) is 25.3. The van der Waals surface area contributed by atoms with Crippen molar-refractivity contribution in [1.82, 2.24) is 0 Å². The zero-order valence-corrected chi connectivity index (χ0v) is 22.0. The molecule has 184 valence electrons. The van der Waals surface area contributed by atoms with Crippen molar-refractivity contribution in [3.05, 3.63) is 81.9 Å². The van der Waals surface area contributed by atoms with Crippen LogP contribution < -0.4 is 19.3 Å². The van der Waals surface area contributed by atoms with Gasteiger partial charge in [0.2, 0.25) is 5.91 Å². The molecule has 0 radical (unpaired) electrons. The van der Waals surface area contributed by atoms with Gasteiger partial charge in [0.25, 0.3) is 0 Å². The van der Waals surface area contributed by atoms with Crippen LogP contribution in [0.2, 0.25) is 5.02 Å². The normalized spacial score (nSPS) is 16.0. The second-order valence-electron chi connectivity index (χ2n) is 9.29. The number of hydrogen-bond donors (Lipinski definition) is 0. The number of halogens is 1. The number of nitrogens with zero attached hydrogens (tertiary/aromatic N) is 2. The quantitative estimate of drug-likeness (QED) is 0.373. The number of amides is 1. The third-order valence-electron chi connectivity index (χ3n) is 6.66. The fourth-order valence-corrected chi connectivity index (χ4v) is 4.79. The van der Waals surface area contributed by atoms with Crippen LogP contribution in [0.3, 0.4) is 0 Å². The highest BCUT2D eigenvalue weighted by atomic mass is 35.5. The monoisotopic (exact) mass is 492 g/mol. The van der Waals surface area contributed by atoms with Gasteiger partial charge in [0.1, 0.15) is 0 Å². The molecule has 6 heteroatoms. The third-order valence-corrected chi connectivity index (χ3v) is 6.90. The number of fused-ring (bicyclic) bond motifs is 1. The molecule has 1 aliphatic rings. The van der Waals surface area contributed by atoms with E-state index in [2.05, 4.69) is 6.92 Å². The summed E-state index contributed by atoms with van der Waals surface area (Å²) in [4.78, 5) is 17.6. The minimum Gasteiger partial charge on any atom is -0.493 e. The summed E-state index contributed by atoms with van der Waals surface area (Å²) >= 11 is 6.30. The highest BCUT2D eigenvalue weighted by Gasteiger charge is 2.36. The van der Waals surface area contributed by atoms with E-state index in [1.807, 2.05) is 92.3 Å². The van der Waals surface area contributed by atoms with Gasteiger partial charge in [0.05, 0.1) is 25.7 Å². The van der Waals surface area contributed by atoms with E-state index < -0.39 is 0 Å². The van der Waals surface area contributed by atoms with Gasteiger partial charge in [0.15, 0.2) is 11.5 Å². The van der Waals surface area contributed by atoms with Gasteiger partial charge in [0, 0.05) is 30.5 Å². The lowest BCUT2D eigenvalue weighted by atomic mass is 9.85. The molecule has 3 aromatic rings. The number of carbonyl (C=O) groups is 1. The van der Waals surface area contributed by atoms with Crippen molar-refractivity contribution in [1.29, 1.82) is 0 Å². The number of carbonyl (C=O) groups excluding carboxylic acids is 1. The summed E-state index contributed by atoms with van der Waals surface area (Å²) in [6.07, 6.45) is 1.20. The van der Waals surface area contributed by atoms with E-state index in [4.69, 9.17) is 21.1 Å². The lowest BCUT2D eigenvalue weighted by molar-refractivity contribution is -0.118. The minimum absolute atomic E-state index is 0.0344. The van der Waals surface area contributed by atoms with Gasteiger partial charge in [-0.05, 0) is 91.1 Å². The summed E-state index contributed by atoms with van der Waals surface area (Å²) in [5, 5.41) is 0.672. The standard InChI is InChI=1S/C29H33ClN2O3/c1-7-19(3)35-27-17-25-20(15-26(27)34-6)16-28(33)32(23-11-9-22(10-12-23)31(4)5)29(25)24-13-8-21(30)14-18(24)2/h8-15,17,19,29H,7,16H2,1-6H3.